The van der Waals surface area contributed by atoms with Crippen molar-refractivity contribution in [1.29, 1.82) is 0 Å². The van der Waals surface area contributed by atoms with Gasteiger partial charge in [-0.05, 0) is 37.1 Å². The summed E-state index contributed by atoms with van der Waals surface area (Å²) in [6, 6.07) is 16.2. The summed E-state index contributed by atoms with van der Waals surface area (Å²) >= 11 is 0. The molecule has 1 N–H and O–H groups in total. The lowest BCUT2D eigenvalue weighted by atomic mass is 9.98. The molecular weight excluding hydrogens is 330 g/mol. The molecule has 0 aromatic heterocycles. The Labute approximate surface area is 156 Å². The van der Waals surface area contributed by atoms with Crippen LogP contribution in [0.5, 0.6) is 11.5 Å². The monoisotopic (exact) mass is 359 g/mol. The van der Waals surface area contributed by atoms with E-state index in [9.17, 15) is 0 Å². The summed E-state index contributed by atoms with van der Waals surface area (Å²) in [5, 5.41) is 3.56. The van der Waals surface area contributed by atoms with Gasteiger partial charge in [0.2, 0.25) is 0 Å². The standard InChI is InChI=1S/C21H29NO4/c1-5-25-20(26-6-2)15-22-21(16-10-8-7-9-11-16)17-12-13-18(23-3)19(14-17)24-4/h7-14,20-22H,5-6,15H2,1-4H3. The summed E-state index contributed by atoms with van der Waals surface area (Å²) in [6.45, 7) is 5.73. The lowest BCUT2D eigenvalue weighted by Gasteiger charge is -2.24. The summed E-state index contributed by atoms with van der Waals surface area (Å²) in [7, 11) is 3.28. The predicted octanol–water partition coefficient (Wildman–Crippen LogP) is 3.78. The number of hydrogen-bond donors (Lipinski definition) is 1. The highest BCUT2D eigenvalue weighted by atomic mass is 16.7. The predicted molar refractivity (Wildman–Crippen MR) is 103 cm³/mol. The second-order valence-electron chi connectivity index (χ2n) is 5.71. The van der Waals surface area contributed by atoms with Crippen molar-refractivity contribution in [3.05, 3.63) is 59.7 Å². The molecule has 0 heterocycles. The Morgan fingerprint density at radius 1 is 0.808 bits per heavy atom. The zero-order valence-corrected chi connectivity index (χ0v) is 16.0. The van der Waals surface area contributed by atoms with Crippen LogP contribution in [0.4, 0.5) is 0 Å². The van der Waals surface area contributed by atoms with Crippen LogP contribution in [0.25, 0.3) is 0 Å². The number of rotatable bonds is 11. The van der Waals surface area contributed by atoms with Gasteiger partial charge in [-0.15, -0.1) is 0 Å². The fourth-order valence-corrected chi connectivity index (χ4v) is 2.86. The fourth-order valence-electron chi connectivity index (χ4n) is 2.86. The van der Waals surface area contributed by atoms with Crippen molar-refractivity contribution in [3.8, 4) is 11.5 Å². The van der Waals surface area contributed by atoms with Gasteiger partial charge in [0.1, 0.15) is 0 Å². The Kier molecular flexibility index (Phi) is 8.41. The van der Waals surface area contributed by atoms with E-state index in [1.54, 1.807) is 14.2 Å². The Morgan fingerprint density at radius 2 is 1.46 bits per heavy atom. The van der Waals surface area contributed by atoms with E-state index in [-0.39, 0.29) is 12.3 Å². The quantitative estimate of drug-likeness (QED) is 0.619. The van der Waals surface area contributed by atoms with E-state index in [2.05, 4.69) is 17.4 Å². The largest absolute Gasteiger partial charge is 0.493 e. The van der Waals surface area contributed by atoms with E-state index in [4.69, 9.17) is 18.9 Å². The third kappa shape index (κ3) is 5.46. The molecule has 0 radical (unpaired) electrons. The Balaban J connectivity index is 2.27. The fraction of sp³-hybridized carbons (Fsp3) is 0.429. The molecule has 2 rings (SSSR count). The van der Waals surface area contributed by atoms with E-state index in [1.165, 1.54) is 0 Å². The van der Waals surface area contributed by atoms with Gasteiger partial charge in [-0.2, -0.15) is 0 Å². The number of benzene rings is 2. The van der Waals surface area contributed by atoms with Crippen molar-refractivity contribution in [2.45, 2.75) is 26.2 Å². The highest BCUT2D eigenvalue weighted by Gasteiger charge is 2.18. The first-order chi connectivity index (χ1) is 12.7. The lowest BCUT2D eigenvalue weighted by Crippen LogP contribution is -2.34. The van der Waals surface area contributed by atoms with Gasteiger partial charge in [0.05, 0.1) is 20.3 Å². The average molecular weight is 359 g/mol. The van der Waals surface area contributed by atoms with Gasteiger partial charge in [0.25, 0.3) is 0 Å². The molecule has 142 valence electrons. The minimum Gasteiger partial charge on any atom is -0.493 e. The molecule has 0 amide bonds. The van der Waals surface area contributed by atoms with E-state index in [0.717, 1.165) is 11.1 Å². The van der Waals surface area contributed by atoms with E-state index >= 15 is 0 Å². The maximum absolute atomic E-state index is 5.66. The molecule has 0 bridgehead atoms. The van der Waals surface area contributed by atoms with Crippen LogP contribution in [0.3, 0.4) is 0 Å². The maximum Gasteiger partial charge on any atom is 0.169 e. The molecule has 0 fully saturated rings. The van der Waals surface area contributed by atoms with Gasteiger partial charge in [-0.3, -0.25) is 0 Å². The third-order valence-corrected chi connectivity index (χ3v) is 4.07. The first-order valence-electron chi connectivity index (χ1n) is 8.96. The van der Waals surface area contributed by atoms with Crippen LogP contribution in [0.1, 0.15) is 31.0 Å². The van der Waals surface area contributed by atoms with Gasteiger partial charge in [-0.1, -0.05) is 36.4 Å². The Hall–Kier alpha value is -2.08. The van der Waals surface area contributed by atoms with Crippen LogP contribution >= 0.6 is 0 Å². The zero-order valence-electron chi connectivity index (χ0n) is 16.0. The molecule has 2 aromatic rings. The molecule has 1 atom stereocenters. The van der Waals surface area contributed by atoms with Crippen LogP contribution in [0.2, 0.25) is 0 Å². The van der Waals surface area contributed by atoms with Crippen molar-refractivity contribution in [3.63, 3.8) is 0 Å². The topological polar surface area (TPSA) is 49.0 Å². The molecule has 1 unspecified atom stereocenters. The smallest absolute Gasteiger partial charge is 0.169 e. The summed E-state index contributed by atoms with van der Waals surface area (Å²) in [5.74, 6) is 1.42. The lowest BCUT2D eigenvalue weighted by molar-refractivity contribution is -0.133. The van der Waals surface area contributed by atoms with Crippen LogP contribution in [0.15, 0.2) is 48.5 Å². The van der Waals surface area contributed by atoms with Gasteiger partial charge in [-0.25, -0.2) is 0 Å². The number of nitrogens with one attached hydrogen (secondary N) is 1. The van der Waals surface area contributed by atoms with Crippen molar-refractivity contribution in [2.24, 2.45) is 0 Å². The third-order valence-electron chi connectivity index (χ3n) is 4.07. The molecule has 0 spiro atoms. The zero-order chi connectivity index (χ0) is 18.8. The number of hydrogen-bond acceptors (Lipinski definition) is 5. The molecular formula is C21H29NO4. The second kappa shape index (κ2) is 10.8. The van der Waals surface area contributed by atoms with Gasteiger partial charge in [0, 0.05) is 19.8 Å². The minimum atomic E-state index is -0.281. The summed E-state index contributed by atoms with van der Waals surface area (Å²) in [6.07, 6.45) is -0.281. The molecule has 0 aliphatic carbocycles. The van der Waals surface area contributed by atoms with E-state index in [0.29, 0.717) is 31.3 Å². The number of methoxy groups -OCH3 is 2. The first kappa shape index (κ1) is 20.2. The normalized spacial score (nSPS) is 12.2. The van der Waals surface area contributed by atoms with Crippen molar-refractivity contribution < 1.29 is 18.9 Å². The van der Waals surface area contributed by atoms with Crippen molar-refractivity contribution in [2.75, 3.05) is 34.0 Å². The minimum absolute atomic E-state index is 0.0144. The molecule has 5 nitrogen and oxygen atoms in total. The van der Waals surface area contributed by atoms with E-state index < -0.39 is 0 Å². The highest BCUT2D eigenvalue weighted by molar-refractivity contribution is 5.45. The van der Waals surface area contributed by atoms with Gasteiger partial charge in [0.15, 0.2) is 17.8 Å². The Morgan fingerprint density at radius 3 is 2.04 bits per heavy atom. The summed E-state index contributed by atoms with van der Waals surface area (Å²) in [5.41, 5.74) is 2.24. The van der Waals surface area contributed by atoms with Gasteiger partial charge >= 0.3 is 0 Å². The molecule has 0 saturated carbocycles. The first-order valence-corrected chi connectivity index (χ1v) is 8.96. The molecule has 2 aromatic carbocycles. The molecule has 26 heavy (non-hydrogen) atoms. The summed E-state index contributed by atoms with van der Waals surface area (Å²) in [4.78, 5) is 0. The average Bonchev–Trinajstić information content (AvgIpc) is 2.69. The molecule has 0 saturated heterocycles. The summed E-state index contributed by atoms with van der Waals surface area (Å²) < 4.78 is 22.1. The Bertz CT molecular complexity index is 642. The maximum atomic E-state index is 5.66. The van der Waals surface area contributed by atoms with Crippen LogP contribution in [0, 0.1) is 0 Å². The second-order valence-corrected chi connectivity index (χ2v) is 5.71. The van der Waals surface area contributed by atoms with E-state index in [1.807, 2.05) is 50.2 Å². The van der Waals surface area contributed by atoms with Crippen molar-refractivity contribution in [1.82, 2.24) is 5.32 Å². The highest BCUT2D eigenvalue weighted by Crippen LogP contribution is 2.32. The van der Waals surface area contributed by atoms with Crippen LogP contribution < -0.4 is 14.8 Å². The van der Waals surface area contributed by atoms with Crippen LogP contribution in [-0.4, -0.2) is 40.3 Å². The molecule has 0 aliphatic heterocycles. The van der Waals surface area contributed by atoms with Crippen LogP contribution in [-0.2, 0) is 9.47 Å². The molecule has 0 aliphatic rings. The SMILES string of the molecule is CCOC(CNC(c1ccccc1)c1ccc(OC)c(OC)c1)OCC. The molecule has 5 heteroatoms. The number of ether oxygens (including phenoxy) is 4. The van der Waals surface area contributed by atoms with Crippen molar-refractivity contribution >= 4 is 0 Å². The van der Waals surface area contributed by atoms with Gasteiger partial charge < -0.3 is 24.3 Å².